The van der Waals surface area contributed by atoms with E-state index >= 15 is 0 Å². The Morgan fingerprint density at radius 1 is 1.14 bits per heavy atom. The van der Waals surface area contributed by atoms with E-state index < -0.39 is 29.5 Å². The molecular formula is C21H20F3NO3. The van der Waals surface area contributed by atoms with Crippen LogP contribution in [0.2, 0.25) is 0 Å². The number of alkyl halides is 3. The molecule has 0 spiro atoms. The third kappa shape index (κ3) is 4.03. The number of carbonyl (C=O) groups excluding carboxylic acids is 1. The van der Waals surface area contributed by atoms with Gasteiger partial charge in [0.2, 0.25) is 5.91 Å². The summed E-state index contributed by atoms with van der Waals surface area (Å²) in [5.74, 6) is -2.87. The maximum Gasteiger partial charge on any atom is 0.416 e. The van der Waals surface area contributed by atoms with E-state index in [2.05, 4.69) is 0 Å². The first kappa shape index (κ1) is 19.9. The fourth-order valence-corrected chi connectivity index (χ4v) is 3.69. The number of carboxylic acids is 1. The Morgan fingerprint density at radius 3 is 2.46 bits per heavy atom. The molecule has 3 rings (SSSR count). The standard InChI is InChI=1S/C21H20F3NO3/c1-13(15-7-4-5-9-18(15)21(22,23)24)10-19(26)25-11-14-6-2-3-8-16(14)17(12-25)20(27)28/h2-9,13,17H,10-12H2,1H3,(H,27,28). The van der Waals surface area contributed by atoms with Gasteiger partial charge in [0.05, 0.1) is 11.5 Å². The van der Waals surface area contributed by atoms with Crippen LogP contribution in [0, 0.1) is 0 Å². The van der Waals surface area contributed by atoms with Gasteiger partial charge in [-0.15, -0.1) is 0 Å². The minimum Gasteiger partial charge on any atom is -0.481 e. The summed E-state index contributed by atoms with van der Waals surface area (Å²) in [6, 6.07) is 12.3. The van der Waals surface area contributed by atoms with Gasteiger partial charge in [-0.05, 0) is 28.7 Å². The Balaban J connectivity index is 1.80. The van der Waals surface area contributed by atoms with Gasteiger partial charge < -0.3 is 10.0 Å². The van der Waals surface area contributed by atoms with Crippen molar-refractivity contribution < 1.29 is 27.9 Å². The molecule has 0 aromatic heterocycles. The molecule has 2 aromatic rings. The minimum absolute atomic E-state index is 0.0127. The second kappa shape index (κ2) is 7.66. The van der Waals surface area contributed by atoms with Crippen molar-refractivity contribution in [2.45, 2.75) is 37.9 Å². The number of nitrogens with zero attached hydrogens (tertiary/aromatic N) is 1. The Labute approximate surface area is 160 Å². The number of hydrogen-bond donors (Lipinski definition) is 1. The molecule has 28 heavy (non-hydrogen) atoms. The van der Waals surface area contributed by atoms with Gasteiger partial charge in [-0.25, -0.2) is 0 Å². The normalized spacial score (nSPS) is 17.7. The highest BCUT2D eigenvalue weighted by molar-refractivity contribution is 5.82. The molecule has 1 N–H and O–H groups in total. The summed E-state index contributed by atoms with van der Waals surface area (Å²) in [5, 5.41) is 9.51. The average Bonchev–Trinajstić information content (AvgIpc) is 2.66. The van der Waals surface area contributed by atoms with Crippen LogP contribution in [0.1, 0.15) is 47.4 Å². The topological polar surface area (TPSA) is 57.6 Å². The number of halogens is 3. The van der Waals surface area contributed by atoms with Crippen LogP contribution < -0.4 is 0 Å². The number of rotatable bonds is 4. The lowest BCUT2D eigenvalue weighted by molar-refractivity contribution is -0.142. The highest BCUT2D eigenvalue weighted by atomic mass is 19.4. The minimum atomic E-state index is -4.49. The average molecular weight is 391 g/mol. The van der Waals surface area contributed by atoms with Crippen LogP contribution in [-0.2, 0) is 22.3 Å². The van der Waals surface area contributed by atoms with Gasteiger partial charge in [-0.2, -0.15) is 13.2 Å². The Morgan fingerprint density at radius 2 is 1.79 bits per heavy atom. The molecule has 7 heteroatoms. The van der Waals surface area contributed by atoms with Gasteiger partial charge >= 0.3 is 12.1 Å². The van der Waals surface area contributed by atoms with E-state index in [1.165, 1.54) is 23.1 Å². The Kier molecular flexibility index (Phi) is 5.45. The lowest BCUT2D eigenvalue weighted by atomic mass is 9.88. The molecule has 2 unspecified atom stereocenters. The lowest BCUT2D eigenvalue weighted by Crippen LogP contribution is -2.41. The molecule has 2 aromatic carbocycles. The second-order valence-corrected chi connectivity index (χ2v) is 7.05. The number of benzene rings is 2. The van der Waals surface area contributed by atoms with E-state index in [0.29, 0.717) is 5.56 Å². The van der Waals surface area contributed by atoms with Crippen molar-refractivity contribution in [2.75, 3.05) is 6.54 Å². The van der Waals surface area contributed by atoms with E-state index in [9.17, 15) is 27.9 Å². The fourth-order valence-electron chi connectivity index (χ4n) is 3.69. The summed E-state index contributed by atoms with van der Waals surface area (Å²) in [4.78, 5) is 25.8. The van der Waals surface area contributed by atoms with Crippen molar-refractivity contribution in [2.24, 2.45) is 0 Å². The zero-order chi connectivity index (χ0) is 20.5. The number of carbonyl (C=O) groups is 2. The van der Waals surface area contributed by atoms with Gasteiger partial charge in [0.15, 0.2) is 0 Å². The van der Waals surface area contributed by atoms with Crippen molar-refractivity contribution in [3.63, 3.8) is 0 Å². The lowest BCUT2D eigenvalue weighted by Gasteiger charge is -2.33. The van der Waals surface area contributed by atoms with Crippen LogP contribution in [0.5, 0.6) is 0 Å². The van der Waals surface area contributed by atoms with Crippen molar-refractivity contribution in [3.05, 3.63) is 70.8 Å². The number of amides is 1. The molecule has 4 nitrogen and oxygen atoms in total. The van der Waals surface area contributed by atoms with E-state index in [4.69, 9.17) is 0 Å². The maximum absolute atomic E-state index is 13.2. The first-order valence-electron chi connectivity index (χ1n) is 8.93. The van der Waals surface area contributed by atoms with Crippen LogP contribution in [0.25, 0.3) is 0 Å². The summed E-state index contributed by atoms with van der Waals surface area (Å²) in [7, 11) is 0. The highest BCUT2D eigenvalue weighted by Gasteiger charge is 2.36. The largest absolute Gasteiger partial charge is 0.481 e. The van der Waals surface area contributed by atoms with Gasteiger partial charge in [0.1, 0.15) is 0 Å². The molecule has 1 amide bonds. The van der Waals surface area contributed by atoms with Gasteiger partial charge in [0, 0.05) is 19.5 Å². The van der Waals surface area contributed by atoms with E-state index in [1.54, 1.807) is 31.2 Å². The molecule has 2 atom stereocenters. The molecule has 0 saturated carbocycles. The van der Waals surface area contributed by atoms with E-state index in [1.807, 2.05) is 0 Å². The zero-order valence-corrected chi connectivity index (χ0v) is 15.2. The molecule has 0 aliphatic carbocycles. The predicted octanol–water partition coefficient (Wildman–Crippen LogP) is 4.41. The van der Waals surface area contributed by atoms with Crippen LogP contribution in [0.15, 0.2) is 48.5 Å². The number of hydrogen-bond acceptors (Lipinski definition) is 2. The molecule has 0 saturated heterocycles. The highest BCUT2D eigenvalue weighted by Crippen LogP contribution is 2.36. The summed E-state index contributed by atoms with van der Waals surface area (Å²) in [6.07, 6.45) is -4.62. The zero-order valence-electron chi connectivity index (χ0n) is 15.2. The summed E-state index contributed by atoms with van der Waals surface area (Å²) < 4.78 is 39.7. The molecule has 1 aliphatic rings. The van der Waals surface area contributed by atoms with Crippen LogP contribution in [0.4, 0.5) is 13.2 Å². The Hall–Kier alpha value is -2.83. The summed E-state index contributed by atoms with van der Waals surface area (Å²) in [6.45, 7) is 1.85. The van der Waals surface area contributed by atoms with Gasteiger partial charge in [0.25, 0.3) is 0 Å². The van der Waals surface area contributed by atoms with Crippen molar-refractivity contribution >= 4 is 11.9 Å². The second-order valence-electron chi connectivity index (χ2n) is 7.05. The van der Waals surface area contributed by atoms with Crippen LogP contribution >= 0.6 is 0 Å². The molecule has 1 aliphatic heterocycles. The first-order valence-corrected chi connectivity index (χ1v) is 8.93. The smallest absolute Gasteiger partial charge is 0.416 e. The predicted molar refractivity (Wildman–Crippen MR) is 96.7 cm³/mol. The monoisotopic (exact) mass is 391 g/mol. The van der Waals surface area contributed by atoms with Crippen molar-refractivity contribution in [1.29, 1.82) is 0 Å². The first-order chi connectivity index (χ1) is 13.2. The van der Waals surface area contributed by atoms with E-state index in [0.717, 1.165) is 11.6 Å². The Bertz CT molecular complexity index is 894. The number of fused-ring (bicyclic) bond motifs is 1. The molecule has 148 valence electrons. The summed E-state index contributed by atoms with van der Waals surface area (Å²) >= 11 is 0. The van der Waals surface area contributed by atoms with Crippen molar-refractivity contribution in [1.82, 2.24) is 4.90 Å². The third-order valence-electron chi connectivity index (χ3n) is 5.12. The quantitative estimate of drug-likeness (QED) is 0.840. The fraction of sp³-hybridized carbons (Fsp3) is 0.333. The molecule has 0 fully saturated rings. The van der Waals surface area contributed by atoms with E-state index in [-0.39, 0.29) is 31.0 Å². The van der Waals surface area contributed by atoms with Crippen LogP contribution in [0.3, 0.4) is 0 Å². The molecule has 0 bridgehead atoms. The molecule has 1 heterocycles. The van der Waals surface area contributed by atoms with Gasteiger partial charge in [-0.3, -0.25) is 9.59 Å². The SMILES string of the molecule is CC(CC(=O)N1Cc2ccccc2C(C(=O)O)C1)c1ccccc1C(F)(F)F. The molecule has 0 radical (unpaired) electrons. The maximum atomic E-state index is 13.2. The number of carboxylic acid groups (broad SMARTS) is 1. The van der Waals surface area contributed by atoms with Crippen LogP contribution in [-0.4, -0.2) is 28.4 Å². The molecular weight excluding hydrogens is 371 g/mol. The van der Waals surface area contributed by atoms with Crippen molar-refractivity contribution in [3.8, 4) is 0 Å². The number of aliphatic carboxylic acids is 1. The van der Waals surface area contributed by atoms with Gasteiger partial charge in [-0.1, -0.05) is 49.4 Å². The third-order valence-corrected chi connectivity index (χ3v) is 5.12. The summed E-state index contributed by atoms with van der Waals surface area (Å²) in [5.41, 5.74) is 0.741.